The summed E-state index contributed by atoms with van der Waals surface area (Å²) < 4.78 is 0. The molecular weight excluding hydrogens is 195 g/mol. The average molecular weight is 200 g/mol. The minimum Gasteiger partial charge on any atom is -0.322 e. The van der Waals surface area contributed by atoms with Gasteiger partial charge in [0.05, 0.1) is 0 Å². The van der Waals surface area contributed by atoms with Gasteiger partial charge in [0.15, 0.2) is 6.34 Å². The first-order chi connectivity index (χ1) is 2.41. The number of hydrazone groups is 1. The first-order valence-electron chi connectivity index (χ1n) is 0.998. The van der Waals surface area contributed by atoms with Crippen molar-refractivity contribution in [2.24, 2.45) is 16.1 Å². The van der Waals surface area contributed by atoms with Gasteiger partial charge in [-0.25, -0.2) is 5.53 Å². The van der Waals surface area contributed by atoms with Crippen LogP contribution < -0.4 is 5.84 Å². The lowest BCUT2D eigenvalue weighted by Crippen LogP contribution is -1.75. The normalized spacial score (nSPS) is 7.33. The van der Waals surface area contributed by atoms with Crippen LogP contribution >= 0.6 is 24.0 Å². The highest BCUT2D eigenvalue weighted by atomic mass is 127. The van der Waals surface area contributed by atoms with Gasteiger partial charge in [-0.3, -0.25) is 0 Å². The van der Waals surface area contributed by atoms with Gasteiger partial charge < -0.3 is 5.84 Å². The molecule has 0 fully saturated rings. The molecule has 0 atom stereocenters. The minimum absolute atomic E-state index is 0. The summed E-state index contributed by atoms with van der Waals surface area (Å²) >= 11 is 0. The molecule has 6 heavy (non-hydrogen) atoms. The summed E-state index contributed by atoms with van der Waals surface area (Å²) in [5, 5.41) is 5.56. The van der Waals surface area contributed by atoms with Crippen LogP contribution in [0.5, 0.6) is 0 Å². The van der Waals surface area contributed by atoms with E-state index in [0.29, 0.717) is 0 Å². The lowest BCUT2D eigenvalue weighted by atomic mass is 11.4. The highest BCUT2D eigenvalue weighted by Gasteiger charge is 1.43. The average Bonchev–Trinajstić information content (AvgIpc) is 1.41. The first-order valence-corrected chi connectivity index (χ1v) is 0.998. The first kappa shape index (κ1) is 9.25. The largest absolute Gasteiger partial charge is 0.322 e. The summed E-state index contributed by atoms with van der Waals surface area (Å²) in [5.41, 5.74) is 6.00. The zero-order chi connectivity index (χ0) is 4.12. The number of nitrogens with two attached hydrogens (primary N) is 1. The van der Waals surface area contributed by atoms with Crippen molar-refractivity contribution < 1.29 is 0 Å². The SMILES string of the molecule is I.N=NC=NN. The number of nitrogens with zero attached hydrogens (tertiary/aromatic N) is 2. The van der Waals surface area contributed by atoms with Gasteiger partial charge in [-0.2, -0.15) is 5.10 Å². The van der Waals surface area contributed by atoms with Gasteiger partial charge in [0.1, 0.15) is 0 Å². The fraction of sp³-hybridized carbons (Fsp3) is 0. The molecule has 0 saturated heterocycles. The second-order valence-electron chi connectivity index (χ2n) is 0.394. The van der Waals surface area contributed by atoms with Crippen molar-refractivity contribution >= 4 is 30.3 Å². The highest BCUT2D eigenvalue weighted by Crippen LogP contribution is 1.44. The molecule has 0 bridgehead atoms. The van der Waals surface area contributed by atoms with Crippen LogP contribution in [0.25, 0.3) is 0 Å². The van der Waals surface area contributed by atoms with Crippen molar-refractivity contribution in [2.45, 2.75) is 0 Å². The Morgan fingerprint density at radius 1 is 1.67 bits per heavy atom. The lowest BCUT2D eigenvalue weighted by molar-refractivity contribution is 1.17. The molecule has 0 rings (SSSR count). The van der Waals surface area contributed by atoms with E-state index in [1.54, 1.807) is 0 Å². The molecule has 3 N–H and O–H groups in total. The number of hydrogen-bond donors (Lipinski definition) is 2. The summed E-state index contributed by atoms with van der Waals surface area (Å²) in [6.07, 6.45) is 0.944. The summed E-state index contributed by atoms with van der Waals surface area (Å²) in [6.45, 7) is 0. The Balaban J connectivity index is 0. The van der Waals surface area contributed by atoms with Crippen LogP contribution in [0, 0.1) is 5.53 Å². The van der Waals surface area contributed by atoms with E-state index < -0.39 is 0 Å². The molecule has 5 heteroatoms. The van der Waals surface area contributed by atoms with Crippen molar-refractivity contribution in [1.82, 2.24) is 0 Å². The molecule has 0 aromatic rings. The van der Waals surface area contributed by atoms with Gasteiger partial charge in [-0.15, -0.1) is 29.1 Å². The smallest absolute Gasteiger partial charge is 0.156 e. The van der Waals surface area contributed by atoms with E-state index in [1.165, 1.54) is 0 Å². The van der Waals surface area contributed by atoms with Crippen LogP contribution in [0.2, 0.25) is 0 Å². The van der Waals surface area contributed by atoms with Gasteiger partial charge in [-0.05, 0) is 0 Å². The monoisotopic (exact) mass is 200 g/mol. The molecule has 0 spiro atoms. The summed E-state index contributed by atoms with van der Waals surface area (Å²) in [5.74, 6) is 4.49. The maximum Gasteiger partial charge on any atom is 0.156 e. The summed E-state index contributed by atoms with van der Waals surface area (Å²) in [6, 6.07) is 0. The lowest BCUT2D eigenvalue weighted by Gasteiger charge is -1.58. The second kappa shape index (κ2) is 8.84. The standard InChI is InChI=1S/CH4N4.HI/c2-4-1-5-3;/h1-2H,3H2;1H. The Morgan fingerprint density at radius 3 is 2.17 bits per heavy atom. The molecule has 0 radical (unpaired) electrons. The molecule has 0 aromatic carbocycles. The summed E-state index contributed by atoms with van der Waals surface area (Å²) in [4.78, 5) is 0. The van der Waals surface area contributed by atoms with Crippen LogP contribution in [0.1, 0.15) is 0 Å². The Kier molecular flexibility index (Phi) is 13.6. The Bertz CT molecular complexity index is 49.5. The molecular formula is CH5IN4. The molecule has 36 valence electrons. The fourth-order valence-corrected chi connectivity index (χ4v) is 0.0333. The molecule has 4 nitrogen and oxygen atoms in total. The fourth-order valence-electron chi connectivity index (χ4n) is 0.0333. The van der Waals surface area contributed by atoms with Gasteiger partial charge in [0.25, 0.3) is 0 Å². The van der Waals surface area contributed by atoms with Gasteiger partial charge >= 0.3 is 0 Å². The van der Waals surface area contributed by atoms with E-state index >= 15 is 0 Å². The zero-order valence-corrected chi connectivity index (χ0v) is 5.29. The van der Waals surface area contributed by atoms with Crippen LogP contribution in [-0.4, -0.2) is 6.34 Å². The molecule has 0 aliphatic rings. The van der Waals surface area contributed by atoms with Crippen molar-refractivity contribution in [3.8, 4) is 0 Å². The van der Waals surface area contributed by atoms with Crippen LogP contribution in [0.15, 0.2) is 10.2 Å². The van der Waals surface area contributed by atoms with E-state index in [0.717, 1.165) is 6.34 Å². The van der Waals surface area contributed by atoms with Crippen molar-refractivity contribution in [1.29, 1.82) is 5.53 Å². The highest BCUT2D eigenvalue weighted by molar-refractivity contribution is 14.0. The van der Waals surface area contributed by atoms with Crippen molar-refractivity contribution in [3.05, 3.63) is 0 Å². The number of rotatable bonds is 1. The minimum atomic E-state index is 0. The van der Waals surface area contributed by atoms with E-state index in [2.05, 4.69) is 16.1 Å². The second-order valence-corrected chi connectivity index (χ2v) is 0.394. The molecule has 0 aromatic heterocycles. The van der Waals surface area contributed by atoms with Crippen LogP contribution in [-0.2, 0) is 0 Å². The molecule has 0 unspecified atom stereocenters. The van der Waals surface area contributed by atoms with E-state index in [4.69, 9.17) is 5.53 Å². The van der Waals surface area contributed by atoms with E-state index in [-0.39, 0.29) is 24.0 Å². The van der Waals surface area contributed by atoms with Gasteiger partial charge in [-0.1, -0.05) is 0 Å². The molecule has 0 saturated carbocycles. The topological polar surface area (TPSA) is 74.6 Å². The van der Waals surface area contributed by atoms with Gasteiger partial charge in [0.2, 0.25) is 0 Å². The zero-order valence-electron chi connectivity index (χ0n) is 2.96. The van der Waals surface area contributed by atoms with E-state index in [1.807, 2.05) is 0 Å². The maximum atomic E-state index is 6.00. The predicted octanol–water partition coefficient (Wildman–Crippen LogP) is 0.537. The van der Waals surface area contributed by atoms with Crippen LogP contribution in [0.3, 0.4) is 0 Å². The van der Waals surface area contributed by atoms with Crippen LogP contribution in [0.4, 0.5) is 0 Å². The third-order valence-electron chi connectivity index (χ3n) is 0.124. The van der Waals surface area contributed by atoms with E-state index in [9.17, 15) is 0 Å². The third kappa shape index (κ3) is 9.20. The quantitative estimate of drug-likeness (QED) is 0.159. The molecule has 0 aliphatic carbocycles. The third-order valence-corrected chi connectivity index (χ3v) is 0.124. The number of nitrogens with one attached hydrogen (secondary N) is 1. The number of halogens is 1. The van der Waals surface area contributed by atoms with Gasteiger partial charge in [0, 0.05) is 0 Å². The Morgan fingerprint density at radius 2 is 2.17 bits per heavy atom. The molecule has 0 heterocycles. The maximum absolute atomic E-state index is 6.00. The Labute approximate surface area is 52.3 Å². The predicted molar refractivity (Wildman–Crippen MR) is 33.2 cm³/mol. The van der Waals surface area contributed by atoms with Crippen molar-refractivity contribution in [2.75, 3.05) is 0 Å². The van der Waals surface area contributed by atoms with Crippen molar-refractivity contribution in [3.63, 3.8) is 0 Å². The summed E-state index contributed by atoms with van der Waals surface area (Å²) in [7, 11) is 0. The number of hydrogen-bond acceptors (Lipinski definition) is 3. The molecule has 0 amide bonds. The molecule has 0 aliphatic heterocycles. The Hall–Kier alpha value is -0.200.